The third-order valence-corrected chi connectivity index (χ3v) is 6.08. The molecule has 1 N–H and O–H groups in total. The number of hydrogen-bond donors (Lipinski definition) is 1. The van der Waals surface area contributed by atoms with Crippen molar-refractivity contribution < 1.29 is 0 Å². The van der Waals surface area contributed by atoms with Gasteiger partial charge in [-0.3, -0.25) is 9.80 Å². The van der Waals surface area contributed by atoms with Crippen molar-refractivity contribution in [2.45, 2.75) is 69.0 Å². The Morgan fingerprint density at radius 1 is 0.895 bits per heavy atom. The van der Waals surface area contributed by atoms with E-state index in [1.54, 1.807) is 0 Å². The quantitative estimate of drug-likeness (QED) is 0.820. The molecule has 2 aliphatic carbocycles. The zero-order valence-corrected chi connectivity index (χ0v) is 12.2. The Labute approximate surface area is 117 Å². The van der Waals surface area contributed by atoms with Crippen molar-refractivity contribution in [3.8, 4) is 0 Å². The van der Waals surface area contributed by atoms with E-state index in [1.807, 2.05) is 0 Å². The fraction of sp³-hybridized carbons (Fsp3) is 1.00. The standard InChI is InChI=1S/C16H29N3/c1-2-7-16(8-3-1)13-17-9-11-19(16)15-6-10-18(12-15)14-4-5-14/h14-15,17H,1-13H2. The van der Waals surface area contributed by atoms with Gasteiger partial charge in [-0.2, -0.15) is 0 Å². The Bertz CT molecular complexity index is 312. The number of nitrogens with zero attached hydrogens (tertiary/aromatic N) is 2. The third kappa shape index (κ3) is 2.34. The normalized spacial score (nSPS) is 36.9. The Kier molecular flexibility index (Phi) is 3.33. The van der Waals surface area contributed by atoms with Gasteiger partial charge in [-0.15, -0.1) is 0 Å². The van der Waals surface area contributed by atoms with Gasteiger partial charge in [0.2, 0.25) is 0 Å². The first-order valence-electron chi connectivity index (χ1n) is 8.59. The molecule has 2 aliphatic heterocycles. The van der Waals surface area contributed by atoms with Gasteiger partial charge >= 0.3 is 0 Å². The summed E-state index contributed by atoms with van der Waals surface area (Å²) >= 11 is 0. The lowest BCUT2D eigenvalue weighted by Crippen LogP contribution is -2.65. The molecule has 2 heterocycles. The largest absolute Gasteiger partial charge is 0.314 e. The minimum absolute atomic E-state index is 0.528. The average molecular weight is 263 g/mol. The van der Waals surface area contributed by atoms with Gasteiger partial charge in [0.05, 0.1) is 0 Å². The fourth-order valence-electron chi connectivity index (χ4n) is 4.90. The van der Waals surface area contributed by atoms with Gasteiger partial charge in [-0.25, -0.2) is 0 Å². The molecule has 4 fully saturated rings. The summed E-state index contributed by atoms with van der Waals surface area (Å²) in [6, 6.07) is 1.83. The summed E-state index contributed by atoms with van der Waals surface area (Å²) in [6.07, 6.45) is 11.6. The van der Waals surface area contributed by atoms with E-state index < -0.39 is 0 Å². The minimum Gasteiger partial charge on any atom is -0.314 e. The van der Waals surface area contributed by atoms with E-state index in [4.69, 9.17) is 0 Å². The molecule has 3 heteroatoms. The molecule has 1 atom stereocenters. The second-order valence-electron chi connectivity index (χ2n) is 7.32. The van der Waals surface area contributed by atoms with Crippen LogP contribution in [-0.4, -0.2) is 60.1 Å². The average Bonchev–Trinajstić information content (AvgIpc) is 3.19. The van der Waals surface area contributed by atoms with Crippen LogP contribution in [0.1, 0.15) is 51.4 Å². The Morgan fingerprint density at radius 2 is 1.74 bits per heavy atom. The van der Waals surface area contributed by atoms with Crippen molar-refractivity contribution in [2.24, 2.45) is 0 Å². The maximum atomic E-state index is 3.69. The molecule has 4 aliphatic rings. The lowest BCUT2D eigenvalue weighted by Gasteiger charge is -2.52. The van der Waals surface area contributed by atoms with E-state index >= 15 is 0 Å². The molecule has 0 bridgehead atoms. The van der Waals surface area contributed by atoms with Crippen LogP contribution in [0.3, 0.4) is 0 Å². The summed E-state index contributed by atoms with van der Waals surface area (Å²) in [5.74, 6) is 0. The molecule has 1 spiro atoms. The smallest absolute Gasteiger partial charge is 0.0337 e. The Morgan fingerprint density at radius 3 is 2.53 bits per heavy atom. The summed E-state index contributed by atoms with van der Waals surface area (Å²) in [4.78, 5) is 5.73. The van der Waals surface area contributed by atoms with Crippen LogP contribution in [-0.2, 0) is 0 Å². The second-order valence-corrected chi connectivity index (χ2v) is 7.32. The predicted octanol–water partition coefficient (Wildman–Crippen LogP) is 1.83. The summed E-state index contributed by atoms with van der Waals surface area (Å²) < 4.78 is 0. The van der Waals surface area contributed by atoms with Crippen LogP contribution < -0.4 is 5.32 Å². The maximum Gasteiger partial charge on any atom is 0.0337 e. The van der Waals surface area contributed by atoms with Gasteiger partial charge in [-0.05, 0) is 32.1 Å². The van der Waals surface area contributed by atoms with Crippen molar-refractivity contribution >= 4 is 0 Å². The highest BCUT2D eigenvalue weighted by Crippen LogP contribution is 2.39. The summed E-state index contributed by atoms with van der Waals surface area (Å²) in [7, 11) is 0. The first-order valence-corrected chi connectivity index (χ1v) is 8.59. The lowest BCUT2D eigenvalue weighted by atomic mass is 9.78. The number of hydrogen-bond acceptors (Lipinski definition) is 3. The summed E-state index contributed by atoms with van der Waals surface area (Å²) in [5, 5.41) is 3.69. The molecule has 0 radical (unpaired) electrons. The van der Waals surface area contributed by atoms with Crippen molar-refractivity contribution in [3.05, 3.63) is 0 Å². The summed E-state index contributed by atoms with van der Waals surface area (Å²) in [6.45, 7) is 6.50. The first kappa shape index (κ1) is 12.6. The van der Waals surface area contributed by atoms with Crippen LogP contribution in [0.25, 0.3) is 0 Å². The van der Waals surface area contributed by atoms with Crippen molar-refractivity contribution in [1.29, 1.82) is 0 Å². The van der Waals surface area contributed by atoms with Crippen LogP contribution in [0.15, 0.2) is 0 Å². The van der Waals surface area contributed by atoms with Crippen molar-refractivity contribution in [1.82, 2.24) is 15.1 Å². The monoisotopic (exact) mass is 263 g/mol. The van der Waals surface area contributed by atoms with Gasteiger partial charge in [0.25, 0.3) is 0 Å². The minimum atomic E-state index is 0.528. The van der Waals surface area contributed by atoms with Gasteiger partial charge in [-0.1, -0.05) is 19.3 Å². The topological polar surface area (TPSA) is 18.5 Å². The molecule has 19 heavy (non-hydrogen) atoms. The van der Waals surface area contributed by atoms with Gasteiger partial charge in [0.1, 0.15) is 0 Å². The molecule has 0 aromatic rings. The molecular formula is C16H29N3. The lowest BCUT2D eigenvalue weighted by molar-refractivity contribution is -0.00457. The van der Waals surface area contributed by atoms with Crippen LogP contribution >= 0.6 is 0 Å². The van der Waals surface area contributed by atoms with Gasteiger partial charge in [0.15, 0.2) is 0 Å². The molecule has 0 aromatic carbocycles. The van der Waals surface area contributed by atoms with Crippen LogP contribution in [0.2, 0.25) is 0 Å². The molecule has 108 valence electrons. The van der Waals surface area contributed by atoms with E-state index in [0.29, 0.717) is 5.54 Å². The van der Waals surface area contributed by atoms with E-state index in [9.17, 15) is 0 Å². The maximum absolute atomic E-state index is 3.69. The highest BCUT2D eigenvalue weighted by atomic mass is 15.3. The summed E-state index contributed by atoms with van der Waals surface area (Å²) in [5.41, 5.74) is 0.528. The first-order chi connectivity index (χ1) is 9.37. The van der Waals surface area contributed by atoms with Crippen LogP contribution in [0.5, 0.6) is 0 Å². The third-order valence-electron chi connectivity index (χ3n) is 6.08. The molecule has 4 rings (SSSR count). The molecule has 2 saturated carbocycles. The van der Waals surface area contributed by atoms with Crippen molar-refractivity contribution in [3.63, 3.8) is 0 Å². The van der Waals surface area contributed by atoms with E-state index in [0.717, 1.165) is 12.1 Å². The number of likely N-dealkylation sites (tertiary alicyclic amines) is 1. The van der Waals surface area contributed by atoms with Gasteiger partial charge < -0.3 is 5.32 Å². The Balaban J connectivity index is 1.47. The SMILES string of the molecule is C1CCC2(CC1)CNCCN2C1CCN(C2CC2)C1. The highest BCUT2D eigenvalue weighted by Gasteiger charge is 2.45. The van der Waals surface area contributed by atoms with Gasteiger partial charge in [0, 0.05) is 50.3 Å². The molecular weight excluding hydrogens is 234 g/mol. The predicted molar refractivity (Wildman–Crippen MR) is 78.4 cm³/mol. The van der Waals surface area contributed by atoms with E-state index in [1.165, 1.54) is 84.1 Å². The molecule has 1 unspecified atom stereocenters. The van der Waals surface area contributed by atoms with Crippen LogP contribution in [0.4, 0.5) is 0 Å². The number of nitrogens with one attached hydrogen (secondary N) is 1. The van der Waals surface area contributed by atoms with E-state index in [2.05, 4.69) is 15.1 Å². The molecule has 0 aromatic heterocycles. The molecule has 0 amide bonds. The second kappa shape index (κ2) is 5.01. The molecule has 2 saturated heterocycles. The Hall–Kier alpha value is -0.120. The zero-order valence-electron chi connectivity index (χ0n) is 12.2. The van der Waals surface area contributed by atoms with Crippen molar-refractivity contribution in [2.75, 3.05) is 32.7 Å². The zero-order chi connectivity index (χ0) is 12.7. The molecule has 3 nitrogen and oxygen atoms in total. The number of piperazine rings is 1. The number of rotatable bonds is 2. The van der Waals surface area contributed by atoms with Crippen LogP contribution in [0, 0.1) is 0 Å². The fourth-order valence-corrected chi connectivity index (χ4v) is 4.90. The van der Waals surface area contributed by atoms with E-state index in [-0.39, 0.29) is 0 Å². The highest BCUT2D eigenvalue weighted by molar-refractivity contribution is 5.03.